The van der Waals surface area contributed by atoms with Crippen molar-refractivity contribution >= 4 is 27.4 Å². The Morgan fingerprint density at radius 2 is 1.09 bits per heavy atom. The zero-order chi connectivity index (χ0) is 47.9. The summed E-state index contributed by atoms with van der Waals surface area (Å²) in [6, 6.07) is 67.4. The van der Waals surface area contributed by atoms with Crippen molar-refractivity contribution in [3.8, 4) is 73.2 Å². The third-order valence-electron chi connectivity index (χ3n) is 13.9. The van der Waals surface area contributed by atoms with Gasteiger partial charge in [0.15, 0.2) is 11.6 Å². The van der Waals surface area contributed by atoms with Gasteiger partial charge in [0.1, 0.15) is 0 Å². The minimum atomic E-state index is -0.193. The third kappa shape index (κ3) is 7.93. The summed E-state index contributed by atoms with van der Waals surface area (Å²) in [4.78, 5) is 16.3. The van der Waals surface area contributed by atoms with Gasteiger partial charge in [0.2, 0.25) is 5.95 Å². The predicted octanol–water partition coefficient (Wildman–Crippen LogP) is 17.3. The average molecular weight is 901 g/mol. The minimum absolute atomic E-state index is 0.193. The lowest BCUT2D eigenvalue weighted by molar-refractivity contribution is 0.661. The Bertz CT molecular complexity index is 3730. The molecule has 0 N–H and O–H groups in total. The number of hydrogen-bond acceptors (Lipinski definition) is 3. The van der Waals surface area contributed by atoms with Crippen molar-refractivity contribution in [3.05, 3.63) is 259 Å². The molecule has 2 heterocycles. The van der Waals surface area contributed by atoms with E-state index in [4.69, 9.17) is 15.0 Å². The van der Waals surface area contributed by atoms with Crippen molar-refractivity contribution in [1.82, 2.24) is 19.5 Å². The third-order valence-corrected chi connectivity index (χ3v) is 13.9. The Hall–Kier alpha value is -8.73. The highest BCUT2D eigenvalue weighted by atomic mass is 15.2. The summed E-state index contributed by atoms with van der Waals surface area (Å²) >= 11 is 0. The Balaban J connectivity index is 1.12. The molecule has 10 aromatic rings. The molecule has 11 rings (SSSR count). The van der Waals surface area contributed by atoms with Crippen LogP contribution in [0.5, 0.6) is 0 Å². The van der Waals surface area contributed by atoms with Gasteiger partial charge in [-0.1, -0.05) is 197 Å². The van der Waals surface area contributed by atoms with E-state index in [9.17, 15) is 0 Å². The van der Waals surface area contributed by atoms with E-state index in [1.54, 1.807) is 6.08 Å². The molecule has 0 saturated heterocycles. The van der Waals surface area contributed by atoms with Gasteiger partial charge in [0, 0.05) is 27.3 Å². The Kier molecular flexibility index (Phi) is 11.3. The molecule has 0 amide bonds. The average Bonchev–Trinajstić information content (AvgIpc) is 3.86. The summed E-state index contributed by atoms with van der Waals surface area (Å²) in [7, 11) is 0. The topological polar surface area (TPSA) is 43.6 Å². The van der Waals surface area contributed by atoms with Crippen LogP contribution in [0.15, 0.2) is 243 Å². The molecule has 4 nitrogen and oxygen atoms in total. The molecule has 2 aromatic heterocycles. The van der Waals surface area contributed by atoms with Gasteiger partial charge in [-0.05, 0) is 140 Å². The van der Waals surface area contributed by atoms with E-state index < -0.39 is 0 Å². The quantitative estimate of drug-likeness (QED) is 0.122. The van der Waals surface area contributed by atoms with Crippen molar-refractivity contribution in [2.75, 3.05) is 0 Å². The van der Waals surface area contributed by atoms with Crippen LogP contribution in [0.4, 0.5) is 0 Å². The number of hydrogen-bond donors (Lipinski definition) is 0. The van der Waals surface area contributed by atoms with E-state index in [-0.39, 0.29) is 5.41 Å². The number of para-hydroxylation sites is 1. The molecule has 4 heteroatoms. The monoisotopic (exact) mass is 900 g/mol. The summed E-state index contributed by atoms with van der Waals surface area (Å²) in [5.74, 6) is 1.72. The standard InChI is InChI=1S/C66H52N4/c1-7-9-22-43(3)44(4)35-45(8-2)48-27-20-29-50(36-48)63-67-64(51-30-21-28-49(37-51)54-39-52(46-23-12-10-13-24-46)38-53(40-54)47-25-14-11-15-26-47)69-65(68-63)70-61-34-19-17-32-56(61)58-41-57-55-31-16-18-33-59(55)66(5,6)60(57)42-62(58)70/h7-42H,1,3H2,2,4-6H3. The van der Waals surface area contributed by atoms with Crippen molar-refractivity contribution in [1.29, 1.82) is 0 Å². The zero-order valence-corrected chi connectivity index (χ0v) is 40.0. The van der Waals surface area contributed by atoms with Gasteiger partial charge in [0.05, 0.1) is 11.0 Å². The maximum atomic E-state index is 5.46. The van der Waals surface area contributed by atoms with Gasteiger partial charge in [-0.25, -0.2) is 4.98 Å². The van der Waals surface area contributed by atoms with Crippen LogP contribution in [0.3, 0.4) is 0 Å². The first-order chi connectivity index (χ1) is 34.2. The molecule has 0 aliphatic heterocycles. The summed E-state index contributed by atoms with van der Waals surface area (Å²) in [6.07, 6.45) is 9.97. The van der Waals surface area contributed by atoms with Gasteiger partial charge in [-0.15, -0.1) is 0 Å². The summed E-state index contributed by atoms with van der Waals surface area (Å²) in [5.41, 5.74) is 19.8. The first kappa shape index (κ1) is 43.8. The normalized spacial score (nSPS) is 13.2. The van der Waals surface area contributed by atoms with Crippen molar-refractivity contribution in [2.45, 2.75) is 33.1 Å². The fourth-order valence-corrected chi connectivity index (χ4v) is 10.1. The van der Waals surface area contributed by atoms with Crippen LogP contribution < -0.4 is 0 Å². The molecule has 336 valence electrons. The van der Waals surface area contributed by atoms with Gasteiger partial charge in [-0.3, -0.25) is 4.57 Å². The SMILES string of the molecule is C=CC=CC(=C)C(C)=CC(=CC)c1cccc(-c2nc(-c3cccc(-c4cc(-c5ccccc5)cc(-c5ccccc5)c4)c3)nc(-n3c4ccccc4c4cc5c(cc43)C(C)(C)c3ccccc3-5)n2)c1. The van der Waals surface area contributed by atoms with Crippen LogP contribution in [0.25, 0.3) is 101 Å². The number of nitrogens with zero attached hydrogens (tertiary/aromatic N) is 4. The van der Waals surface area contributed by atoms with E-state index in [1.807, 2.05) is 12.2 Å². The summed E-state index contributed by atoms with van der Waals surface area (Å²) < 4.78 is 2.24. The zero-order valence-electron chi connectivity index (χ0n) is 40.0. The minimum Gasteiger partial charge on any atom is -0.278 e. The second-order valence-corrected chi connectivity index (χ2v) is 18.6. The van der Waals surface area contributed by atoms with Crippen molar-refractivity contribution in [2.24, 2.45) is 0 Å². The van der Waals surface area contributed by atoms with Crippen LogP contribution in [0.2, 0.25) is 0 Å². The van der Waals surface area contributed by atoms with E-state index in [0.29, 0.717) is 17.6 Å². The highest BCUT2D eigenvalue weighted by Gasteiger charge is 2.36. The number of rotatable bonds is 11. The lowest BCUT2D eigenvalue weighted by atomic mass is 9.82. The molecule has 1 aliphatic carbocycles. The largest absolute Gasteiger partial charge is 0.278 e. The smallest absolute Gasteiger partial charge is 0.238 e. The fraction of sp³-hybridized carbons (Fsp3) is 0.0758. The molecular weight excluding hydrogens is 849 g/mol. The van der Waals surface area contributed by atoms with E-state index in [0.717, 1.165) is 88.6 Å². The molecule has 0 unspecified atom stereocenters. The fourth-order valence-electron chi connectivity index (χ4n) is 10.1. The second-order valence-electron chi connectivity index (χ2n) is 18.6. The second kappa shape index (κ2) is 18.1. The Morgan fingerprint density at radius 3 is 1.77 bits per heavy atom. The molecule has 0 saturated carbocycles. The maximum absolute atomic E-state index is 5.46. The summed E-state index contributed by atoms with van der Waals surface area (Å²) in [6.45, 7) is 16.9. The highest BCUT2D eigenvalue weighted by Crippen LogP contribution is 2.51. The molecule has 8 aromatic carbocycles. The first-order valence-corrected chi connectivity index (χ1v) is 23.9. The van der Waals surface area contributed by atoms with Crippen LogP contribution >= 0.6 is 0 Å². The Labute approximate surface area is 410 Å². The number of fused-ring (bicyclic) bond motifs is 6. The number of aromatic nitrogens is 4. The van der Waals surface area contributed by atoms with E-state index in [1.165, 1.54) is 22.3 Å². The number of benzene rings is 8. The highest BCUT2D eigenvalue weighted by molar-refractivity contribution is 6.11. The van der Waals surface area contributed by atoms with Gasteiger partial charge in [0.25, 0.3) is 0 Å². The molecule has 0 fully saturated rings. The lowest BCUT2D eigenvalue weighted by Gasteiger charge is -2.21. The predicted molar refractivity (Wildman–Crippen MR) is 295 cm³/mol. The summed E-state index contributed by atoms with van der Waals surface area (Å²) in [5, 5.41) is 2.30. The molecule has 0 radical (unpaired) electrons. The van der Waals surface area contributed by atoms with Crippen LogP contribution in [-0.2, 0) is 5.41 Å². The maximum Gasteiger partial charge on any atom is 0.238 e. The van der Waals surface area contributed by atoms with Gasteiger partial charge in [-0.2, -0.15) is 9.97 Å². The molecule has 1 aliphatic rings. The molecule has 0 atom stereocenters. The van der Waals surface area contributed by atoms with Gasteiger partial charge < -0.3 is 0 Å². The lowest BCUT2D eigenvalue weighted by Crippen LogP contribution is -2.15. The van der Waals surface area contributed by atoms with Crippen LogP contribution in [0, 0.1) is 0 Å². The van der Waals surface area contributed by atoms with E-state index in [2.05, 4.69) is 246 Å². The molecule has 0 bridgehead atoms. The first-order valence-electron chi connectivity index (χ1n) is 23.9. The van der Waals surface area contributed by atoms with Crippen LogP contribution in [-0.4, -0.2) is 19.5 Å². The van der Waals surface area contributed by atoms with Crippen LogP contribution in [0.1, 0.15) is 44.4 Å². The van der Waals surface area contributed by atoms with E-state index >= 15 is 0 Å². The molecule has 0 spiro atoms. The number of allylic oxidation sites excluding steroid dienone is 8. The van der Waals surface area contributed by atoms with Crippen molar-refractivity contribution in [3.63, 3.8) is 0 Å². The molecule has 70 heavy (non-hydrogen) atoms. The Morgan fingerprint density at radius 1 is 0.514 bits per heavy atom. The molecular formula is C66H52N4. The van der Waals surface area contributed by atoms with Gasteiger partial charge >= 0.3 is 0 Å². The van der Waals surface area contributed by atoms with Crippen molar-refractivity contribution < 1.29 is 0 Å².